The molecule has 0 fully saturated rings. The highest BCUT2D eigenvalue weighted by molar-refractivity contribution is 7.15. The van der Waals surface area contributed by atoms with Gasteiger partial charge in [-0.2, -0.15) is 14.6 Å². The van der Waals surface area contributed by atoms with Crippen molar-refractivity contribution >= 4 is 45.6 Å². The average molecular weight is 416 g/mol. The standard InChI is InChI=1S/C19H11Cl2N3O2S/c20-13-5-1-11(2-6-13)9-15-17(25)22-19-24(23-15)18(26)16(27-19)10-12-3-7-14(21)8-4-12/h1-8,10H,9H2/b16-10-. The van der Waals surface area contributed by atoms with Gasteiger partial charge in [0.05, 0.1) is 4.53 Å². The van der Waals surface area contributed by atoms with Gasteiger partial charge in [-0.1, -0.05) is 58.8 Å². The van der Waals surface area contributed by atoms with E-state index in [0.717, 1.165) is 22.5 Å². The normalized spacial score (nSPS) is 12.0. The number of hydrogen-bond donors (Lipinski definition) is 0. The van der Waals surface area contributed by atoms with Crippen molar-refractivity contribution in [3.05, 3.63) is 101 Å². The van der Waals surface area contributed by atoms with Crippen LogP contribution in [0.15, 0.2) is 58.1 Å². The third-order valence-electron chi connectivity index (χ3n) is 3.90. The molecule has 0 saturated heterocycles. The molecule has 0 bridgehead atoms. The number of hydrogen-bond acceptors (Lipinski definition) is 5. The Morgan fingerprint density at radius 3 is 2.26 bits per heavy atom. The van der Waals surface area contributed by atoms with Gasteiger partial charge < -0.3 is 0 Å². The molecule has 0 radical (unpaired) electrons. The number of nitrogens with zero attached hydrogens (tertiary/aromatic N) is 3. The van der Waals surface area contributed by atoms with Crippen molar-refractivity contribution in [2.24, 2.45) is 0 Å². The van der Waals surface area contributed by atoms with Gasteiger partial charge >= 0.3 is 0 Å². The lowest BCUT2D eigenvalue weighted by Crippen LogP contribution is -2.28. The van der Waals surface area contributed by atoms with Gasteiger partial charge in [-0.05, 0) is 41.5 Å². The first-order valence-electron chi connectivity index (χ1n) is 7.94. The predicted molar refractivity (Wildman–Crippen MR) is 108 cm³/mol. The third-order valence-corrected chi connectivity index (χ3v) is 5.37. The fourth-order valence-corrected chi connectivity index (χ4v) is 3.71. The van der Waals surface area contributed by atoms with Crippen LogP contribution in [0.4, 0.5) is 0 Å². The molecule has 0 aliphatic carbocycles. The van der Waals surface area contributed by atoms with Crippen molar-refractivity contribution in [1.29, 1.82) is 0 Å². The Bertz CT molecular complexity index is 1300. The number of benzene rings is 2. The van der Waals surface area contributed by atoms with E-state index in [9.17, 15) is 9.59 Å². The maximum Gasteiger partial charge on any atom is 0.296 e. The summed E-state index contributed by atoms with van der Waals surface area (Å²) in [5.74, 6) is 0. The maximum atomic E-state index is 12.7. The second-order valence-electron chi connectivity index (χ2n) is 5.83. The molecule has 134 valence electrons. The lowest BCUT2D eigenvalue weighted by molar-refractivity contribution is 0.811. The molecule has 2 aromatic heterocycles. The van der Waals surface area contributed by atoms with E-state index in [1.165, 1.54) is 4.52 Å². The molecular weight excluding hydrogens is 405 g/mol. The molecule has 5 nitrogen and oxygen atoms in total. The van der Waals surface area contributed by atoms with Crippen LogP contribution in [0.2, 0.25) is 10.0 Å². The first-order chi connectivity index (χ1) is 13.0. The number of thiazole rings is 1. The van der Waals surface area contributed by atoms with Crippen LogP contribution < -0.4 is 15.7 Å². The van der Waals surface area contributed by atoms with Crippen LogP contribution in [0.1, 0.15) is 16.8 Å². The van der Waals surface area contributed by atoms with Crippen LogP contribution >= 0.6 is 34.5 Å². The summed E-state index contributed by atoms with van der Waals surface area (Å²) < 4.78 is 1.62. The first kappa shape index (κ1) is 17.9. The van der Waals surface area contributed by atoms with Gasteiger partial charge in [-0.3, -0.25) is 9.59 Å². The Morgan fingerprint density at radius 2 is 1.59 bits per heavy atom. The number of aromatic nitrogens is 3. The van der Waals surface area contributed by atoms with Crippen LogP contribution in [0.5, 0.6) is 0 Å². The lowest BCUT2D eigenvalue weighted by atomic mass is 10.1. The molecule has 4 rings (SSSR count). The minimum Gasteiger partial charge on any atom is -0.266 e. The van der Waals surface area contributed by atoms with Crippen molar-refractivity contribution in [3.8, 4) is 0 Å². The van der Waals surface area contributed by atoms with Gasteiger partial charge in [-0.15, -0.1) is 0 Å². The highest BCUT2D eigenvalue weighted by Gasteiger charge is 2.11. The van der Waals surface area contributed by atoms with Gasteiger partial charge in [-0.25, -0.2) is 0 Å². The smallest absolute Gasteiger partial charge is 0.266 e. The van der Waals surface area contributed by atoms with Gasteiger partial charge in [0.2, 0.25) is 4.96 Å². The van der Waals surface area contributed by atoms with Crippen molar-refractivity contribution in [2.75, 3.05) is 0 Å². The highest BCUT2D eigenvalue weighted by atomic mass is 35.5. The van der Waals surface area contributed by atoms with E-state index >= 15 is 0 Å². The number of fused-ring (bicyclic) bond motifs is 1. The molecule has 0 unspecified atom stereocenters. The molecule has 0 spiro atoms. The molecule has 0 aliphatic rings. The zero-order valence-corrected chi connectivity index (χ0v) is 16.1. The molecule has 2 heterocycles. The van der Waals surface area contributed by atoms with Crippen LogP contribution in [0.25, 0.3) is 11.0 Å². The Hall–Kier alpha value is -2.54. The second kappa shape index (κ2) is 7.23. The van der Waals surface area contributed by atoms with Crippen molar-refractivity contribution in [2.45, 2.75) is 6.42 Å². The van der Waals surface area contributed by atoms with Gasteiger partial charge in [0.15, 0.2) is 0 Å². The molecule has 0 N–H and O–H groups in total. The van der Waals surface area contributed by atoms with Crippen molar-refractivity contribution in [1.82, 2.24) is 14.6 Å². The lowest BCUT2D eigenvalue weighted by Gasteiger charge is -2.00. The molecular formula is C19H11Cl2N3O2S. The first-order valence-corrected chi connectivity index (χ1v) is 9.51. The summed E-state index contributed by atoms with van der Waals surface area (Å²) in [4.78, 5) is 29.2. The average Bonchev–Trinajstić information content (AvgIpc) is 2.94. The molecule has 4 aromatic rings. The van der Waals surface area contributed by atoms with E-state index in [-0.39, 0.29) is 22.6 Å². The zero-order chi connectivity index (χ0) is 19.0. The monoisotopic (exact) mass is 415 g/mol. The summed E-state index contributed by atoms with van der Waals surface area (Å²) in [6.45, 7) is 0. The number of halogens is 2. The van der Waals surface area contributed by atoms with E-state index in [4.69, 9.17) is 23.2 Å². The number of rotatable bonds is 3. The zero-order valence-electron chi connectivity index (χ0n) is 13.7. The fraction of sp³-hybridized carbons (Fsp3) is 0.0526. The summed E-state index contributed by atoms with van der Waals surface area (Å²) >= 11 is 12.9. The second-order valence-corrected chi connectivity index (χ2v) is 7.71. The molecule has 0 aliphatic heterocycles. The van der Waals surface area contributed by atoms with Gasteiger partial charge in [0.25, 0.3) is 11.1 Å². The van der Waals surface area contributed by atoms with Gasteiger partial charge in [0, 0.05) is 16.5 Å². The van der Waals surface area contributed by atoms with Crippen LogP contribution in [-0.2, 0) is 6.42 Å². The van der Waals surface area contributed by atoms with E-state index in [0.29, 0.717) is 14.6 Å². The minimum atomic E-state index is -0.441. The third kappa shape index (κ3) is 3.78. The minimum absolute atomic E-state index is 0.211. The summed E-state index contributed by atoms with van der Waals surface area (Å²) in [6.07, 6.45) is 2.00. The highest BCUT2D eigenvalue weighted by Crippen LogP contribution is 2.12. The quantitative estimate of drug-likeness (QED) is 0.515. The Morgan fingerprint density at radius 1 is 0.963 bits per heavy atom. The molecule has 8 heteroatoms. The molecule has 0 saturated carbocycles. The van der Waals surface area contributed by atoms with E-state index < -0.39 is 5.56 Å². The van der Waals surface area contributed by atoms with E-state index in [2.05, 4.69) is 10.1 Å². The van der Waals surface area contributed by atoms with E-state index in [1.807, 2.05) is 24.3 Å². The summed E-state index contributed by atoms with van der Waals surface area (Å²) in [6, 6.07) is 14.2. The maximum absolute atomic E-state index is 12.7. The van der Waals surface area contributed by atoms with E-state index in [1.54, 1.807) is 30.3 Å². The van der Waals surface area contributed by atoms with Crippen LogP contribution in [-0.4, -0.2) is 14.6 Å². The molecule has 2 aromatic carbocycles. The SMILES string of the molecule is O=c1nc2s/c(=C\c3ccc(Cl)cc3)c(=O)n2nc1Cc1ccc(Cl)cc1. The van der Waals surface area contributed by atoms with Crippen LogP contribution in [0.3, 0.4) is 0 Å². The molecule has 0 atom stereocenters. The topological polar surface area (TPSA) is 64.3 Å². The van der Waals surface area contributed by atoms with Gasteiger partial charge in [0.1, 0.15) is 5.69 Å². The largest absolute Gasteiger partial charge is 0.296 e. The Balaban J connectivity index is 1.79. The van der Waals surface area contributed by atoms with Crippen LogP contribution in [0, 0.1) is 0 Å². The predicted octanol–water partition coefficient (Wildman–Crippen LogP) is 2.96. The van der Waals surface area contributed by atoms with Crippen molar-refractivity contribution in [3.63, 3.8) is 0 Å². The Kier molecular flexibility index (Phi) is 4.78. The Labute approximate surface area is 167 Å². The fourth-order valence-electron chi connectivity index (χ4n) is 2.56. The summed E-state index contributed by atoms with van der Waals surface area (Å²) in [5.41, 5.74) is 1.15. The summed E-state index contributed by atoms with van der Waals surface area (Å²) in [7, 11) is 0. The summed E-state index contributed by atoms with van der Waals surface area (Å²) in [5, 5.41) is 5.46. The molecule has 27 heavy (non-hydrogen) atoms. The van der Waals surface area contributed by atoms with Crippen molar-refractivity contribution < 1.29 is 0 Å². The molecule has 0 amide bonds.